The Morgan fingerprint density at radius 3 is 2.54 bits per heavy atom. The summed E-state index contributed by atoms with van der Waals surface area (Å²) in [5.41, 5.74) is 3.58. The normalized spacial score (nSPS) is 14.4. The first-order chi connectivity index (χ1) is 12.8. The molecule has 0 N–H and O–H groups in total. The third kappa shape index (κ3) is 3.09. The highest BCUT2D eigenvalue weighted by atomic mass is 16.5. The summed E-state index contributed by atoms with van der Waals surface area (Å²) in [5.74, 6) is -0.00586. The fourth-order valence-corrected chi connectivity index (χ4v) is 3.25. The molecule has 1 saturated heterocycles. The van der Waals surface area contributed by atoms with Gasteiger partial charge in [-0.2, -0.15) is 0 Å². The first kappa shape index (κ1) is 16.4. The molecule has 1 aliphatic heterocycles. The number of benzene rings is 2. The lowest BCUT2D eigenvalue weighted by molar-refractivity contribution is 0.0303. The number of nitrogens with zero attached hydrogens (tertiary/aromatic N) is 2. The molecule has 26 heavy (non-hydrogen) atoms. The highest BCUT2D eigenvalue weighted by Crippen LogP contribution is 2.29. The molecule has 130 valence electrons. The van der Waals surface area contributed by atoms with E-state index in [0.717, 1.165) is 22.8 Å². The maximum atomic E-state index is 12.8. The quantitative estimate of drug-likeness (QED) is 0.684. The number of amides is 1. The minimum atomic E-state index is -0.00586. The van der Waals surface area contributed by atoms with E-state index in [-0.39, 0.29) is 5.91 Å². The lowest BCUT2D eigenvalue weighted by atomic mass is 9.98. The second-order valence-electron chi connectivity index (χ2n) is 6.22. The van der Waals surface area contributed by atoms with E-state index in [1.807, 2.05) is 42.5 Å². The minimum absolute atomic E-state index is 0.00586. The maximum Gasteiger partial charge on any atom is 0.254 e. The molecule has 2 heterocycles. The number of aldehydes is 1. The van der Waals surface area contributed by atoms with E-state index in [9.17, 15) is 9.59 Å². The Balaban J connectivity index is 1.84. The summed E-state index contributed by atoms with van der Waals surface area (Å²) in [6.07, 6.45) is 0.749. The number of hydrogen-bond acceptors (Lipinski definition) is 4. The fraction of sp³-hybridized carbons (Fsp3) is 0.190. The van der Waals surface area contributed by atoms with E-state index >= 15 is 0 Å². The third-order valence-electron chi connectivity index (χ3n) is 4.58. The molecular weight excluding hydrogens is 328 g/mol. The van der Waals surface area contributed by atoms with Gasteiger partial charge in [0.2, 0.25) is 0 Å². The van der Waals surface area contributed by atoms with Gasteiger partial charge in [0.05, 0.1) is 18.7 Å². The molecule has 4 rings (SSSR count). The summed E-state index contributed by atoms with van der Waals surface area (Å²) < 4.78 is 5.32. The zero-order chi connectivity index (χ0) is 17.9. The van der Waals surface area contributed by atoms with Crippen molar-refractivity contribution in [2.75, 3.05) is 26.3 Å². The van der Waals surface area contributed by atoms with E-state index in [1.54, 1.807) is 17.0 Å². The number of pyridine rings is 1. The van der Waals surface area contributed by atoms with Gasteiger partial charge in [-0.1, -0.05) is 30.3 Å². The lowest BCUT2D eigenvalue weighted by Crippen LogP contribution is -2.40. The van der Waals surface area contributed by atoms with Crippen LogP contribution in [0.4, 0.5) is 0 Å². The van der Waals surface area contributed by atoms with Crippen molar-refractivity contribution in [3.63, 3.8) is 0 Å². The van der Waals surface area contributed by atoms with Crippen molar-refractivity contribution < 1.29 is 14.3 Å². The second-order valence-corrected chi connectivity index (χ2v) is 6.22. The molecule has 2 aromatic carbocycles. The molecule has 1 fully saturated rings. The highest BCUT2D eigenvalue weighted by molar-refractivity contribution is 6.03. The molecule has 1 aromatic heterocycles. The zero-order valence-corrected chi connectivity index (χ0v) is 14.2. The maximum absolute atomic E-state index is 12.8. The summed E-state index contributed by atoms with van der Waals surface area (Å²) in [7, 11) is 0. The molecule has 1 aliphatic rings. The Bertz CT molecular complexity index is 964. The van der Waals surface area contributed by atoms with Gasteiger partial charge in [-0.05, 0) is 35.4 Å². The van der Waals surface area contributed by atoms with Crippen LogP contribution in [-0.4, -0.2) is 48.4 Å². The monoisotopic (exact) mass is 346 g/mol. The van der Waals surface area contributed by atoms with Crippen molar-refractivity contribution in [2.24, 2.45) is 0 Å². The lowest BCUT2D eigenvalue weighted by Gasteiger charge is -2.27. The van der Waals surface area contributed by atoms with E-state index in [0.29, 0.717) is 43.1 Å². The van der Waals surface area contributed by atoms with Crippen molar-refractivity contribution in [2.45, 2.75) is 0 Å². The molecule has 5 heteroatoms. The summed E-state index contributed by atoms with van der Waals surface area (Å²) in [5, 5.41) is 0.862. The molecule has 0 unspecified atom stereocenters. The molecule has 1 amide bonds. The van der Waals surface area contributed by atoms with Crippen molar-refractivity contribution >= 4 is 23.1 Å². The van der Waals surface area contributed by atoms with E-state index in [2.05, 4.69) is 4.98 Å². The van der Waals surface area contributed by atoms with Gasteiger partial charge in [-0.15, -0.1) is 0 Å². The predicted octanol–water partition coefficient (Wildman–Crippen LogP) is 3.19. The van der Waals surface area contributed by atoms with Gasteiger partial charge in [-0.3, -0.25) is 9.59 Å². The molecule has 0 saturated carbocycles. The van der Waals surface area contributed by atoms with Gasteiger partial charge in [0.25, 0.3) is 5.91 Å². The standard InChI is InChI=1S/C21H18N2O3/c24-14-17-13-18(15-4-2-1-3-5-15)19-12-16(6-7-20(19)22-17)21(25)23-8-10-26-11-9-23/h1-7,12-14H,8-11H2. The largest absolute Gasteiger partial charge is 0.378 e. The Kier molecular flexibility index (Phi) is 4.46. The number of carbonyl (C=O) groups is 2. The van der Waals surface area contributed by atoms with Crippen molar-refractivity contribution in [3.8, 4) is 11.1 Å². The van der Waals surface area contributed by atoms with Crippen LogP contribution in [0.2, 0.25) is 0 Å². The number of carbonyl (C=O) groups excluding carboxylic acids is 2. The average Bonchev–Trinajstić information content (AvgIpc) is 2.73. The van der Waals surface area contributed by atoms with Crippen molar-refractivity contribution in [1.82, 2.24) is 9.88 Å². The smallest absolute Gasteiger partial charge is 0.254 e. The highest BCUT2D eigenvalue weighted by Gasteiger charge is 2.19. The van der Waals surface area contributed by atoms with Crippen LogP contribution in [0, 0.1) is 0 Å². The van der Waals surface area contributed by atoms with Crippen LogP contribution in [0.3, 0.4) is 0 Å². The van der Waals surface area contributed by atoms with Crippen LogP contribution in [0.15, 0.2) is 54.6 Å². The Morgan fingerprint density at radius 1 is 1.04 bits per heavy atom. The van der Waals surface area contributed by atoms with Crippen molar-refractivity contribution in [1.29, 1.82) is 0 Å². The van der Waals surface area contributed by atoms with Gasteiger partial charge in [0.15, 0.2) is 6.29 Å². The number of hydrogen-bond donors (Lipinski definition) is 0. The van der Waals surface area contributed by atoms with Crippen LogP contribution in [-0.2, 0) is 4.74 Å². The molecule has 5 nitrogen and oxygen atoms in total. The number of morpholine rings is 1. The summed E-state index contributed by atoms with van der Waals surface area (Å²) in [4.78, 5) is 30.3. The van der Waals surface area contributed by atoms with Crippen LogP contribution in [0.5, 0.6) is 0 Å². The number of fused-ring (bicyclic) bond motifs is 1. The van der Waals surface area contributed by atoms with Gasteiger partial charge in [0, 0.05) is 24.0 Å². The van der Waals surface area contributed by atoms with Gasteiger partial charge < -0.3 is 9.64 Å². The minimum Gasteiger partial charge on any atom is -0.378 e. The number of aromatic nitrogens is 1. The third-order valence-corrected chi connectivity index (χ3v) is 4.58. The van der Waals surface area contributed by atoms with Gasteiger partial charge >= 0.3 is 0 Å². The van der Waals surface area contributed by atoms with E-state index < -0.39 is 0 Å². The van der Waals surface area contributed by atoms with E-state index in [4.69, 9.17) is 4.74 Å². The summed E-state index contributed by atoms with van der Waals surface area (Å²) in [6, 6.07) is 17.0. The topological polar surface area (TPSA) is 59.5 Å². The molecule has 0 aliphatic carbocycles. The fourth-order valence-electron chi connectivity index (χ4n) is 3.25. The molecule has 3 aromatic rings. The van der Waals surface area contributed by atoms with Crippen LogP contribution in [0.25, 0.3) is 22.0 Å². The predicted molar refractivity (Wildman–Crippen MR) is 99.3 cm³/mol. The van der Waals surface area contributed by atoms with Gasteiger partial charge in [0.1, 0.15) is 5.69 Å². The Morgan fingerprint density at radius 2 is 1.81 bits per heavy atom. The average molecular weight is 346 g/mol. The van der Waals surface area contributed by atoms with Crippen LogP contribution < -0.4 is 0 Å². The van der Waals surface area contributed by atoms with Crippen LogP contribution in [0.1, 0.15) is 20.8 Å². The Hall–Kier alpha value is -3.05. The summed E-state index contributed by atoms with van der Waals surface area (Å²) >= 11 is 0. The summed E-state index contributed by atoms with van der Waals surface area (Å²) in [6.45, 7) is 2.34. The number of rotatable bonds is 3. The first-order valence-corrected chi connectivity index (χ1v) is 8.59. The molecule has 0 spiro atoms. The molecular formula is C21H18N2O3. The van der Waals surface area contributed by atoms with E-state index in [1.165, 1.54) is 0 Å². The first-order valence-electron chi connectivity index (χ1n) is 8.59. The second kappa shape index (κ2) is 7.06. The zero-order valence-electron chi connectivity index (χ0n) is 14.2. The molecule has 0 bridgehead atoms. The van der Waals surface area contributed by atoms with Gasteiger partial charge in [-0.25, -0.2) is 4.98 Å². The number of ether oxygens (including phenoxy) is 1. The SMILES string of the molecule is O=Cc1cc(-c2ccccc2)c2cc(C(=O)N3CCOCC3)ccc2n1. The molecule has 0 atom stereocenters. The van der Waals surface area contributed by atoms with Crippen LogP contribution >= 0.6 is 0 Å². The molecule has 0 radical (unpaired) electrons. The van der Waals surface area contributed by atoms with Crippen molar-refractivity contribution in [3.05, 3.63) is 65.9 Å². The Labute approximate surface area is 151 Å².